The van der Waals surface area contributed by atoms with E-state index in [2.05, 4.69) is 11.7 Å². The van der Waals surface area contributed by atoms with E-state index in [0.717, 1.165) is 0 Å². The van der Waals surface area contributed by atoms with Gasteiger partial charge in [0.15, 0.2) is 0 Å². The molecule has 0 radical (unpaired) electrons. The van der Waals surface area contributed by atoms with Crippen LogP contribution in [0.4, 0.5) is 0 Å². The molecule has 0 saturated carbocycles. The Hall–Kier alpha value is 1.40. The molecule has 0 spiro atoms. The number of hydrazine groups is 1. The van der Waals surface area contributed by atoms with Crippen LogP contribution in [0.25, 0.3) is 0 Å². The Labute approximate surface area is 95.6 Å². The quantitative estimate of drug-likeness (QED) is 0.229. The summed E-state index contributed by atoms with van der Waals surface area (Å²) in [5.41, 5.74) is 0. The molecule has 7 nitrogen and oxygen atoms in total. The van der Waals surface area contributed by atoms with E-state index in [9.17, 15) is 0 Å². The number of rotatable bonds is 0. The Kier molecular flexibility index (Phi) is 30.2. The number of nitrogens with two attached hydrogens (primary N) is 2. The van der Waals surface area contributed by atoms with Gasteiger partial charge in [0.25, 0.3) is 0 Å². The molecule has 0 unspecified atom stereocenters. The fourth-order valence-electron chi connectivity index (χ4n) is 0. The number of hydrogen-bond acceptors (Lipinski definition) is 6. The van der Waals surface area contributed by atoms with E-state index in [0.29, 0.717) is 0 Å². The van der Waals surface area contributed by atoms with E-state index in [1.165, 1.54) is 0 Å². The molecule has 0 atom stereocenters. The van der Waals surface area contributed by atoms with Crippen LogP contribution in [-0.4, -0.2) is 5.48 Å². The van der Waals surface area contributed by atoms with Crippen LogP contribution in [0, 0.1) is 0 Å². The summed E-state index contributed by atoms with van der Waals surface area (Å²) in [6, 6.07) is 0. The van der Waals surface area contributed by atoms with Gasteiger partial charge in [-0.3, -0.25) is 11.7 Å². The van der Waals surface area contributed by atoms with Crippen LogP contribution in [0.15, 0.2) is 0 Å². The first-order valence-electron chi connectivity index (χ1n) is 0.951. The molecule has 6 N–H and O–H groups in total. The third-order valence-corrected chi connectivity index (χ3v) is 0. The van der Waals surface area contributed by atoms with Crippen molar-refractivity contribution in [3.8, 4) is 0 Å². The molecule has 9 heavy (non-hydrogen) atoms. The monoisotopic (exact) mass is 208 g/mol. The summed E-state index contributed by atoms with van der Waals surface area (Å²) in [4.78, 5) is 0. The molecule has 0 aromatic rings. The van der Waals surface area contributed by atoms with Gasteiger partial charge in [0, 0.05) is 0 Å². The minimum absolute atomic E-state index is 0. The standard InChI is InChI=1S/K.Mn.H4N2.H2O.4O/c;;1-2;;;;;/h;;1-2H2;1H2;;;;/q+1;;;;;;;-1. The predicted octanol–water partition coefficient (Wildman–Crippen LogP) is -6.55. The van der Waals surface area contributed by atoms with Crippen LogP contribution in [0.5, 0.6) is 0 Å². The Morgan fingerprint density at radius 3 is 1.11 bits per heavy atom. The van der Waals surface area contributed by atoms with Crippen LogP contribution in [0.3, 0.4) is 0 Å². The van der Waals surface area contributed by atoms with Crippen LogP contribution in [0.1, 0.15) is 0 Å². The van der Waals surface area contributed by atoms with E-state index < -0.39 is 13.0 Å². The van der Waals surface area contributed by atoms with Crippen LogP contribution in [-0.2, 0) is 24.5 Å². The molecule has 0 aliphatic heterocycles. The van der Waals surface area contributed by atoms with Gasteiger partial charge in [-0.05, 0) is 0 Å². The van der Waals surface area contributed by atoms with Crippen molar-refractivity contribution in [1.29, 1.82) is 0 Å². The maximum absolute atomic E-state index is 8.58. The molecule has 0 bridgehead atoms. The van der Waals surface area contributed by atoms with E-state index >= 15 is 0 Å². The van der Waals surface area contributed by atoms with Crippen molar-refractivity contribution in [3.63, 3.8) is 0 Å². The van der Waals surface area contributed by atoms with Crippen molar-refractivity contribution in [2.75, 3.05) is 0 Å². The third kappa shape index (κ3) is 264. The summed E-state index contributed by atoms with van der Waals surface area (Å²) < 4.78 is 34.3. The Balaban J connectivity index is -0.0000000286. The second-order valence-corrected chi connectivity index (χ2v) is 1.56. The normalized spacial score (nSPS) is 7.00. The van der Waals surface area contributed by atoms with Crippen molar-refractivity contribution in [2.45, 2.75) is 0 Å². The SMILES string of the molecule is NN.O.[K+].[O]=[Mn](=[O])(=[O])[O-]. The van der Waals surface area contributed by atoms with E-state index in [1.54, 1.807) is 0 Å². The van der Waals surface area contributed by atoms with Gasteiger partial charge in [0.2, 0.25) is 0 Å². The molecule has 0 saturated heterocycles. The molecule has 0 aliphatic carbocycles. The van der Waals surface area contributed by atoms with Crippen molar-refractivity contribution in [1.82, 2.24) is 0 Å². The first-order chi connectivity index (χ1) is 3.00. The van der Waals surface area contributed by atoms with Crippen molar-refractivity contribution >= 4 is 0 Å². The predicted molar refractivity (Wildman–Crippen MR) is 14.0 cm³/mol. The van der Waals surface area contributed by atoms with Gasteiger partial charge in [-0.25, -0.2) is 0 Å². The maximum atomic E-state index is 8.58. The van der Waals surface area contributed by atoms with E-state index in [4.69, 9.17) is 15.7 Å². The molecule has 0 heterocycles. The second-order valence-electron chi connectivity index (χ2n) is 0.378. The average Bonchev–Trinajstić information content (AvgIpc) is 1.36. The van der Waals surface area contributed by atoms with Gasteiger partial charge >= 0.3 is 80.0 Å². The summed E-state index contributed by atoms with van der Waals surface area (Å²) in [6.45, 7) is 0. The molecule has 0 aliphatic rings. The van der Waals surface area contributed by atoms with Gasteiger partial charge < -0.3 is 5.48 Å². The van der Waals surface area contributed by atoms with Crippen molar-refractivity contribution in [3.05, 3.63) is 0 Å². The molecule has 0 aromatic heterocycles. The first kappa shape index (κ1) is 22.4. The van der Waals surface area contributed by atoms with E-state index in [-0.39, 0.29) is 56.9 Å². The Bertz CT molecular complexity index is 136. The topological polar surface area (TPSA) is 158 Å². The summed E-state index contributed by atoms with van der Waals surface area (Å²) in [6.07, 6.45) is 0. The minimum atomic E-state index is -5.62. The summed E-state index contributed by atoms with van der Waals surface area (Å²) in [7, 11) is 0. The van der Waals surface area contributed by atoms with Crippen molar-refractivity contribution < 1.29 is 85.5 Å². The summed E-state index contributed by atoms with van der Waals surface area (Å²) >= 11 is -5.62. The molecular formula is H6KMnN2O5. The zero-order valence-corrected chi connectivity index (χ0v) is 8.97. The zero-order chi connectivity index (χ0) is 6.50. The Morgan fingerprint density at radius 2 is 1.11 bits per heavy atom. The molecule has 54 valence electrons. The fourth-order valence-corrected chi connectivity index (χ4v) is 0. The van der Waals surface area contributed by atoms with Crippen LogP contribution >= 0.6 is 0 Å². The average molecular weight is 208 g/mol. The van der Waals surface area contributed by atoms with Crippen LogP contribution < -0.4 is 67.3 Å². The van der Waals surface area contributed by atoms with Gasteiger partial charge in [-0.2, -0.15) is 0 Å². The van der Waals surface area contributed by atoms with E-state index in [1.807, 2.05) is 0 Å². The van der Waals surface area contributed by atoms with Crippen LogP contribution in [0.2, 0.25) is 0 Å². The summed E-state index contributed by atoms with van der Waals surface area (Å²) in [5.74, 6) is 8.00. The second kappa shape index (κ2) is 12.1. The molecule has 9 heteroatoms. The zero-order valence-electron chi connectivity index (χ0n) is 4.67. The molecule has 0 fully saturated rings. The van der Waals surface area contributed by atoms with Gasteiger partial charge in [-0.1, -0.05) is 0 Å². The molecule has 0 aromatic carbocycles. The molecular weight excluding hydrogens is 202 g/mol. The first-order valence-corrected chi connectivity index (χ1v) is 2.88. The van der Waals surface area contributed by atoms with Gasteiger partial charge in [0.05, 0.1) is 0 Å². The van der Waals surface area contributed by atoms with Gasteiger partial charge in [-0.15, -0.1) is 0 Å². The molecule has 0 amide bonds. The van der Waals surface area contributed by atoms with Crippen molar-refractivity contribution in [2.24, 2.45) is 11.7 Å². The third-order valence-electron chi connectivity index (χ3n) is 0. The fraction of sp³-hybridized carbons (Fsp3) is 0. The summed E-state index contributed by atoms with van der Waals surface area (Å²) in [5, 5.41) is 0. The molecule has 0 rings (SSSR count). The number of hydrogen-bond donors (Lipinski definition) is 2. The van der Waals surface area contributed by atoms with Gasteiger partial charge in [0.1, 0.15) is 0 Å². The Morgan fingerprint density at radius 1 is 1.11 bits per heavy atom.